The summed E-state index contributed by atoms with van der Waals surface area (Å²) in [7, 11) is 0. The lowest BCUT2D eigenvalue weighted by atomic mass is 10.1. The highest BCUT2D eigenvalue weighted by molar-refractivity contribution is 5.68. The number of rotatable bonds is 5. The van der Waals surface area contributed by atoms with Crippen LogP contribution in [0.25, 0.3) is 5.52 Å². The summed E-state index contributed by atoms with van der Waals surface area (Å²) in [5.41, 5.74) is 2.11. The van der Waals surface area contributed by atoms with E-state index in [2.05, 4.69) is 48.8 Å². The standard InChI is InChI=1S/C14H20N4/c1-5-6-11(4)16-14-13-9-12(10(2)3)17-18(13)8-7-15-14/h5,7-11H,1,6H2,2-4H3,(H,15,16). The lowest BCUT2D eigenvalue weighted by molar-refractivity contribution is 0.783. The first kappa shape index (κ1) is 12.6. The van der Waals surface area contributed by atoms with Gasteiger partial charge >= 0.3 is 0 Å². The maximum absolute atomic E-state index is 4.54. The van der Waals surface area contributed by atoms with Gasteiger partial charge in [-0.05, 0) is 25.3 Å². The molecule has 0 amide bonds. The summed E-state index contributed by atoms with van der Waals surface area (Å²) >= 11 is 0. The van der Waals surface area contributed by atoms with E-state index in [4.69, 9.17) is 0 Å². The molecule has 1 atom stereocenters. The number of aromatic nitrogens is 3. The van der Waals surface area contributed by atoms with E-state index in [1.165, 1.54) is 0 Å². The van der Waals surface area contributed by atoms with Crippen LogP contribution in [-0.4, -0.2) is 20.6 Å². The van der Waals surface area contributed by atoms with Crippen molar-refractivity contribution in [3.05, 3.63) is 36.8 Å². The molecule has 2 rings (SSSR count). The molecule has 0 aromatic carbocycles. The van der Waals surface area contributed by atoms with Crippen LogP contribution in [0.5, 0.6) is 0 Å². The molecule has 18 heavy (non-hydrogen) atoms. The van der Waals surface area contributed by atoms with Crippen LogP contribution in [0, 0.1) is 0 Å². The normalized spacial score (nSPS) is 12.9. The SMILES string of the molecule is C=CCC(C)Nc1nccn2nc(C(C)C)cc12. The zero-order valence-electron chi connectivity index (χ0n) is 11.2. The predicted molar refractivity (Wildman–Crippen MR) is 75.0 cm³/mol. The van der Waals surface area contributed by atoms with E-state index in [9.17, 15) is 0 Å². The van der Waals surface area contributed by atoms with Crippen molar-refractivity contribution in [3.63, 3.8) is 0 Å². The topological polar surface area (TPSA) is 42.2 Å². The highest BCUT2D eigenvalue weighted by atomic mass is 15.2. The molecule has 1 N–H and O–H groups in total. The molecule has 0 spiro atoms. The molecule has 0 fully saturated rings. The van der Waals surface area contributed by atoms with Gasteiger partial charge in [-0.25, -0.2) is 9.50 Å². The lowest BCUT2D eigenvalue weighted by Gasteiger charge is -2.12. The number of fused-ring (bicyclic) bond motifs is 1. The Morgan fingerprint density at radius 1 is 1.44 bits per heavy atom. The molecule has 1 unspecified atom stereocenters. The van der Waals surface area contributed by atoms with Crippen LogP contribution in [0.4, 0.5) is 5.82 Å². The Kier molecular flexibility index (Phi) is 3.65. The van der Waals surface area contributed by atoms with Gasteiger partial charge in [0.25, 0.3) is 0 Å². The maximum Gasteiger partial charge on any atom is 0.152 e. The fraction of sp³-hybridized carbons (Fsp3) is 0.429. The summed E-state index contributed by atoms with van der Waals surface area (Å²) in [6.07, 6.45) is 6.47. The molecule has 4 nitrogen and oxygen atoms in total. The molecule has 0 saturated heterocycles. The van der Waals surface area contributed by atoms with E-state index in [0.717, 1.165) is 23.4 Å². The Hall–Kier alpha value is -1.84. The van der Waals surface area contributed by atoms with Gasteiger partial charge in [0.1, 0.15) is 5.52 Å². The van der Waals surface area contributed by atoms with Gasteiger partial charge in [0.15, 0.2) is 5.82 Å². The Bertz CT molecular complexity index is 542. The Morgan fingerprint density at radius 2 is 2.22 bits per heavy atom. The van der Waals surface area contributed by atoms with Crippen LogP contribution < -0.4 is 5.32 Å². The quantitative estimate of drug-likeness (QED) is 0.821. The fourth-order valence-corrected chi connectivity index (χ4v) is 1.88. The number of anilines is 1. The van der Waals surface area contributed by atoms with Crippen LogP contribution in [0.15, 0.2) is 31.1 Å². The Balaban J connectivity index is 2.35. The Morgan fingerprint density at radius 3 is 2.89 bits per heavy atom. The van der Waals surface area contributed by atoms with Gasteiger partial charge in [-0.3, -0.25) is 0 Å². The van der Waals surface area contributed by atoms with E-state index in [1.54, 1.807) is 6.20 Å². The summed E-state index contributed by atoms with van der Waals surface area (Å²) in [4.78, 5) is 4.40. The molecule has 96 valence electrons. The van der Waals surface area contributed by atoms with Gasteiger partial charge in [-0.2, -0.15) is 5.10 Å². The zero-order valence-corrected chi connectivity index (χ0v) is 11.2. The summed E-state index contributed by atoms with van der Waals surface area (Å²) in [6, 6.07) is 2.42. The minimum atomic E-state index is 0.318. The highest BCUT2D eigenvalue weighted by Gasteiger charge is 2.10. The van der Waals surface area contributed by atoms with E-state index in [1.807, 2.05) is 16.8 Å². The van der Waals surface area contributed by atoms with Gasteiger partial charge in [-0.1, -0.05) is 19.9 Å². The van der Waals surface area contributed by atoms with E-state index in [0.29, 0.717) is 12.0 Å². The van der Waals surface area contributed by atoms with Crippen LogP contribution in [0.1, 0.15) is 38.8 Å². The van der Waals surface area contributed by atoms with Crippen LogP contribution in [-0.2, 0) is 0 Å². The molecule has 0 bridgehead atoms. The van der Waals surface area contributed by atoms with Crippen molar-refractivity contribution in [2.45, 2.75) is 39.2 Å². The zero-order chi connectivity index (χ0) is 13.1. The monoisotopic (exact) mass is 244 g/mol. The summed E-state index contributed by atoms with van der Waals surface area (Å²) in [6.45, 7) is 10.2. The van der Waals surface area contributed by atoms with Crippen molar-refractivity contribution in [3.8, 4) is 0 Å². The van der Waals surface area contributed by atoms with Crippen LogP contribution >= 0.6 is 0 Å². The van der Waals surface area contributed by atoms with Crippen molar-refractivity contribution < 1.29 is 0 Å². The predicted octanol–water partition coefficient (Wildman–Crippen LogP) is 3.23. The highest BCUT2D eigenvalue weighted by Crippen LogP contribution is 2.20. The van der Waals surface area contributed by atoms with Crippen molar-refractivity contribution in [1.82, 2.24) is 14.6 Å². The second-order valence-corrected chi connectivity index (χ2v) is 4.90. The smallest absolute Gasteiger partial charge is 0.152 e. The molecule has 0 aliphatic carbocycles. The van der Waals surface area contributed by atoms with Crippen molar-refractivity contribution in [1.29, 1.82) is 0 Å². The molecule has 2 aromatic rings. The van der Waals surface area contributed by atoms with Crippen LogP contribution in [0.3, 0.4) is 0 Å². The minimum Gasteiger partial charge on any atom is -0.366 e. The first-order valence-corrected chi connectivity index (χ1v) is 6.33. The largest absolute Gasteiger partial charge is 0.366 e. The number of nitrogens with one attached hydrogen (secondary N) is 1. The molecule has 2 heterocycles. The Labute approximate surface area is 108 Å². The van der Waals surface area contributed by atoms with Crippen molar-refractivity contribution in [2.24, 2.45) is 0 Å². The third-order valence-corrected chi connectivity index (χ3v) is 2.90. The molecule has 4 heteroatoms. The first-order chi connectivity index (χ1) is 8.61. The molecule has 0 radical (unpaired) electrons. The number of hydrogen-bond donors (Lipinski definition) is 1. The maximum atomic E-state index is 4.54. The third-order valence-electron chi connectivity index (χ3n) is 2.90. The second kappa shape index (κ2) is 5.21. The van der Waals surface area contributed by atoms with Gasteiger partial charge < -0.3 is 5.32 Å². The molecular weight excluding hydrogens is 224 g/mol. The summed E-state index contributed by atoms with van der Waals surface area (Å²) in [5.74, 6) is 1.30. The summed E-state index contributed by atoms with van der Waals surface area (Å²) in [5, 5.41) is 7.94. The molecule has 0 saturated carbocycles. The number of nitrogens with zero attached hydrogens (tertiary/aromatic N) is 3. The first-order valence-electron chi connectivity index (χ1n) is 6.33. The minimum absolute atomic E-state index is 0.318. The average molecular weight is 244 g/mol. The van der Waals surface area contributed by atoms with Gasteiger partial charge in [0.2, 0.25) is 0 Å². The van der Waals surface area contributed by atoms with Crippen molar-refractivity contribution in [2.75, 3.05) is 5.32 Å². The van der Waals surface area contributed by atoms with Crippen LogP contribution in [0.2, 0.25) is 0 Å². The molecular formula is C14H20N4. The summed E-state index contributed by atoms with van der Waals surface area (Å²) < 4.78 is 1.88. The lowest BCUT2D eigenvalue weighted by Crippen LogP contribution is -2.15. The third kappa shape index (κ3) is 2.53. The van der Waals surface area contributed by atoms with E-state index < -0.39 is 0 Å². The van der Waals surface area contributed by atoms with Gasteiger partial charge in [0, 0.05) is 18.4 Å². The van der Waals surface area contributed by atoms with Gasteiger partial charge in [0.05, 0.1) is 5.69 Å². The van der Waals surface area contributed by atoms with E-state index in [-0.39, 0.29) is 0 Å². The second-order valence-electron chi connectivity index (χ2n) is 4.90. The molecule has 0 aliphatic rings. The van der Waals surface area contributed by atoms with Crippen molar-refractivity contribution >= 4 is 11.3 Å². The number of hydrogen-bond acceptors (Lipinski definition) is 3. The fourth-order valence-electron chi connectivity index (χ4n) is 1.88. The average Bonchev–Trinajstić information content (AvgIpc) is 2.74. The molecule has 0 aliphatic heterocycles. The van der Waals surface area contributed by atoms with Gasteiger partial charge in [-0.15, -0.1) is 6.58 Å². The molecule has 2 aromatic heterocycles. The van der Waals surface area contributed by atoms with E-state index >= 15 is 0 Å².